The van der Waals surface area contributed by atoms with Crippen LogP contribution in [0.3, 0.4) is 0 Å². The number of fused-ring (bicyclic) bond motifs is 1. The summed E-state index contributed by atoms with van der Waals surface area (Å²) < 4.78 is 0. The quantitative estimate of drug-likeness (QED) is 0.602. The molecule has 4 aliphatic carbocycles. The van der Waals surface area contributed by atoms with Crippen molar-refractivity contribution in [1.82, 2.24) is 0 Å². The molecule has 0 unspecified atom stereocenters. The fraction of sp³-hybridized carbons (Fsp3) is 0.571. The normalized spacial score (nSPS) is 53.8. The molecule has 0 saturated heterocycles. The highest BCUT2D eigenvalue weighted by Gasteiger charge is 2.62. The van der Waals surface area contributed by atoms with E-state index >= 15 is 0 Å². The molecule has 2 bridgehead atoms. The van der Waals surface area contributed by atoms with Crippen molar-refractivity contribution in [3.05, 3.63) is 24.3 Å². The van der Waals surface area contributed by atoms with Gasteiger partial charge in [0.1, 0.15) is 11.2 Å². The van der Waals surface area contributed by atoms with Gasteiger partial charge < -0.3 is 10.2 Å². The van der Waals surface area contributed by atoms with Crippen LogP contribution < -0.4 is 0 Å². The first-order valence-electron chi connectivity index (χ1n) is 6.18. The lowest BCUT2D eigenvalue weighted by Gasteiger charge is -2.55. The van der Waals surface area contributed by atoms with Gasteiger partial charge >= 0.3 is 0 Å². The van der Waals surface area contributed by atoms with Crippen molar-refractivity contribution in [2.75, 3.05) is 0 Å². The predicted octanol–water partition coefficient (Wildman–Crippen LogP) is 0.245. The van der Waals surface area contributed by atoms with Gasteiger partial charge in [0.15, 0.2) is 11.6 Å². The molecular formula is C14H16O4. The maximum atomic E-state index is 12.2. The Morgan fingerprint density at radius 3 is 2.39 bits per heavy atom. The molecule has 4 rings (SSSR count). The number of carbonyl (C=O) groups is 2. The van der Waals surface area contributed by atoms with E-state index in [0.717, 1.165) is 0 Å². The summed E-state index contributed by atoms with van der Waals surface area (Å²) in [5, 5.41) is 20.8. The highest BCUT2D eigenvalue weighted by Crippen LogP contribution is 2.53. The van der Waals surface area contributed by atoms with Gasteiger partial charge in [-0.05, 0) is 25.8 Å². The highest BCUT2D eigenvalue weighted by atomic mass is 16.3. The van der Waals surface area contributed by atoms with Gasteiger partial charge in [0.2, 0.25) is 0 Å². The predicted molar refractivity (Wildman–Crippen MR) is 63.5 cm³/mol. The Balaban J connectivity index is 2.17. The molecule has 0 radical (unpaired) electrons. The first-order chi connectivity index (χ1) is 8.28. The van der Waals surface area contributed by atoms with Crippen LogP contribution in [0, 0.1) is 23.7 Å². The first-order valence-corrected chi connectivity index (χ1v) is 6.18. The number of aliphatic hydroxyl groups is 2. The minimum atomic E-state index is -1.52. The first kappa shape index (κ1) is 11.8. The molecule has 96 valence electrons. The van der Waals surface area contributed by atoms with Crippen LogP contribution in [0.25, 0.3) is 0 Å². The molecule has 0 aromatic heterocycles. The van der Waals surface area contributed by atoms with Crippen LogP contribution in [0.2, 0.25) is 0 Å². The minimum absolute atomic E-state index is 0.194. The SMILES string of the molecule is C[C@]1(O)C(=O)C=C[C@@H]2[C@H]1[C@@H]1C=C[C@H]2C(=O)[C@]1(C)O. The Morgan fingerprint density at radius 2 is 1.72 bits per heavy atom. The average molecular weight is 248 g/mol. The molecule has 0 heterocycles. The number of hydrogen-bond donors (Lipinski definition) is 2. The van der Waals surface area contributed by atoms with Gasteiger partial charge in [-0.3, -0.25) is 9.59 Å². The van der Waals surface area contributed by atoms with Crippen LogP contribution in [0.5, 0.6) is 0 Å². The topological polar surface area (TPSA) is 74.6 Å². The Kier molecular flexibility index (Phi) is 2.09. The maximum absolute atomic E-state index is 12.2. The molecule has 18 heavy (non-hydrogen) atoms. The number of Topliss-reactive ketones (excluding diaryl/α,β-unsaturated/α-hetero) is 1. The largest absolute Gasteiger partial charge is 0.382 e. The molecule has 0 aliphatic heterocycles. The van der Waals surface area contributed by atoms with Crippen LogP contribution in [0.15, 0.2) is 24.3 Å². The lowest BCUT2D eigenvalue weighted by Crippen LogP contribution is -2.66. The average Bonchev–Trinajstić information content (AvgIpc) is 2.30. The van der Waals surface area contributed by atoms with Gasteiger partial charge in [-0.25, -0.2) is 0 Å². The van der Waals surface area contributed by atoms with Crippen molar-refractivity contribution in [2.45, 2.75) is 25.0 Å². The molecule has 1 saturated carbocycles. The Bertz CT molecular complexity index is 498. The summed E-state index contributed by atoms with van der Waals surface area (Å²) in [7, 11) is 0. The molecule has 0 aromatic rings. The minimum Gasteiger partial charge on any atom is -0.382 e. The van der Waals surface area contributed by atoms with E-state index in [4.69, 9.17) is 0 Å². The monoisotopic (exact) mass is 248 g/mol. The van der Waals surface area contributed by atoms with Crippen LogP contribution in [0.1, 0.15) is 13.8 Å². The molecule has 4 aliphatic rings. The zero-order chi connectivity index (χ0) is 13.3. The number of carbonyl (C=O) groups excluding carboxylic acids is 2. The standard InChI is InChI=1S/C14H16O4/c1-13(17)9-5-3-8(12(13)16)7-4-6-10(15)14(2,18)11(7)9/h3-9,11,17-18H,1-2H3/t7-,8+,9-,11-,13+,14-/m0/s1. The molecular weight excluding hydrogens is 232 g/mol. The van der Waals surface area contributed by atoms with Crippen LogP contribution in [-0.2, 0) is 9.59 Å². The molecule has 4 heteroatoms. The summed E-state index contributed by atoms with van der Waals surface area (Å²) in [6, 6.07) is 0. The third kappa shape index (κ3) is 1.17. The van der Waals surface area contributed by atoms with Crippen molar-refractivity contribution >= 4 is 11.6 Å². The number of rotatable bonds is 0. The third-order valence-corrected chi connectivity index (χ3v) is 4.81. The van der Waals surface area contributed by atoms with E-state index in [2.05, 4.69) is 0 Å². The fourth-order valence-electron chi connectivity index (χ4n) is 3.75. The summed E-state index contributed by atoms with van der Waals surface area (Å²) in [6.07, 6.45) is 6.63. The van der Waals surface area contributed by atoms with Crippen LogP contribution >= 0.6 is 0 Å². The molecule has 0 spiro atoms. The van der Waals surface area contributed by atoms with Gasteiger partial charge in [0.05, 0.1) is 0 Å². The number of hydrogen-bond acceptors (Lipinski definition) is 4. The van der Waals surface area contributed by atoms with Gasteiger partial charge in [-0.2, -0.15) is 0 Å². The second-order valence-corrected chi connectivity index (χ2v) is 5.92. The summed E-state index contributed by atoms with van der Waals surface area (Å²) in [5.74, 6) is -2.15. The van der Waals surface area contributed by atoms with E-state index in [9.17, 15) is 19.8 Å². The highest BCUT2D eigenvalue weighted by molar-refractivity contribution is 6.00. The second-order valence-electron chi connectivity index (χ2n) is 5.92. The van der Waals surface area contributed by atoms with Crippen molar-refractivity contribution in [1.29, 1.82) is 0 Å². The maximum Gasteiger partial charge on any atom is 0.186 e. The van der Waals surface area contributed by atoms with E-state index in [1.165, 1.54) is 19.9 Å². The van der Waals surface area contributed by atoms with E-state index in [1.54, 1.807) is 18.2 Å². The molecule has 2 N–H and O–H groups in total. The van der Waals surface area contributed by atoms with Gasteiger partial charge in [-0.1, -0.05) is 18.2 Å². The molecule has 4 nitrogen and oxygen atoms in total. The zero-order valence-electron chi connectivity index (χ0n) is 10.3. The smallest absolute Gasteiger partial charge is 0.186 e. The van der Waals surface area contributed by atoms with Gasteiger partial charge in [0.25, 0.3) is 0 Å². The molecule has 0 amide bonds. The summed E-state index contributed by atoms with van der Waals surface area (Å²) in [5.41, 5.74) is -3.01. The van der Waals surface area contributed by atoms with E-state index < -0.39 is 29.0 Å². The summed E-state index contributed by atoms with van der Waals surface area (Å²) in [4.78, 5) is 24.0. The Morgan fingerprint density at radius 1 is 1.06 bits per heavy atom. The molecule has 1 fully saturated rings. The summed E-state index contributed by atoms with van der Waals surface area (Å²) >= 11 is 0. The lowest BCUT2D eigenvalue weighted by atomic mass is 9.50. The Labute approximate surface area is 105 Å². The van der Waals surface area contributed by atoms with Crippen molar-refractivity contribution < 1.29 is 19.8 Å². The van der Waals surface area contributed by atoms with Crippen molar-refractivity contribution in [2.24, 2.45) is 23.7 Å². The van der Waals surface area contributed by atoms with Crippen LogP contribution in [0.4, 0.5) is 0 Å². The number of allylic oxidation sites excluding steroid dienone is 2. The Hall–Kier alpha value is -1.26. The fourth-order valence-corrected chi connectivity index (χ4v) is 3.75. The number of ketones is 2. The van der Waals surface area contributed by atoms with Gasteiger partial charge in [-0.15, -0.1) is 0 Å². The van der Waals surface area contributed by atoms with Crippen LogP contribution in [-0.4, -0.2) is 33.0 Å². The zero-order valence-corrected chi connectivity index (χ0v) is 10.3. The summed E-state index contributed by atoms with van der Waals surface area (Å²) in [6.45, 7) is 2.96. The molecule has 0 aromatic carbocycles. The third-order valence-electron chi connectivity index (χ3n) is 4.81. The lowest BCUT2D eigenvalue weighted by molar-refractivity contribution is -0.175. The van der Waals surface area contributed by atoms with E-state index in [0.29, 0.717) is 0 Å². The van der Waals surface area contributed by atoms with Crippen molar-refractivity contribution in [3.63, 3.8) is 0 Å². The molecule has 6 atom stereocenters. The van der Waals surface area contributed by atoms with E-state index in [-0.39, 0.29) is 17.5 Å². The van der Waals surface area contributed by atoms with Gasteiger partial charge in [0, 0.05) is 17.8 Å². The van der Waals surface area contributed by atoms with E-state index in [1.807, 2.05) is 0 Å². The van der Waals surface area contributed by atoms with Crippen molar-refractivity contribution in [3.8, 4) is 0 Å². The second kappa shape index (κ2) is 3.19.